The van der Waals surface area contributed by atoms with Gasteiger partial charge in [-0.15, -0.1) is 0 Å². The first-order chi connectivity index (χ1) is 9.40. The van der Waals surface area contributed by atoms with Crippen molar-refractivity contribution in [2.75, 3.05) is 5.75 Å². The minimum Gasteiger partial charge on any atom is -0.504 e. The number of aromatic hydroxyl groups is 2. The molecule has 0 heterocycles. The Morgan fingerprint density at radius 1 is 0.950 bits per heavy atom. The van der Waals surface area contributed by atoms with Crippen molar-refractivity contribution in [3.05, 3.63) is 54.1 Å². The summed E-state index contributed by atoms with van der Waals surface area (Å²) in [5.74, 6) is -2.18. The van der Waals surface area contributed by atoms with E-state index in [4.69, 9.17) is 5.11 Å². The molecular formula is C14H12O5S. The SMILES string of the molecule is O=C(CS(=O)(=O)c1ccccc1)c1ccc(O)c(O)c1. The Kier molecular flexibility index (Phi) is 3.76. The van der Waals surface area contributed by atoms with Crippen LogP contribution in [0.4, 0.5) is 0 Å². The summed E-state index contributed by atoms with van der Waals surface area (Å²) in [7, 11) is -3.72. The fraction of sp³-hybridized carbons (Fsp3) is 0.0714. The number of carbonyl (C=O) groups is 1. The molecule has 20 heavy (non-hydrogen) atoms. The van der Waals surface area contributed by atoms with E-state index >= 15 is 0 Å². The smallest absolute Gasteiger partial charge is 0.185 e. The van der Waals surface area contributed by atoms with Gasteiger partial charge in [-0.3, -0.25) is 4.79 Å². The third-order valence-corrected chi connectivity index (χ3v) is 4.35. The molecule has 0 aromatic heterocycles. The van der Waals surface area contributed by atoms with Crippen molar-refractivity contribution in [2.24, 2.45) is 0 Å². The molecule has 6 heteroatoms. The van der Waals surface area contributed by atoms with Gasteiger partial charge in [0.25, 0.3) is 0 Å². The van der Waals surface area contributed by atoms with E-state index in [0.29, 0.717) is 0 Å². The summed E-state index contributed by atoms with van der Waals surface area (Å²) < 4.78 is 24.1. The van der Waals surface area contributed by atoms with E-state index in [2.05, 4.69) is 0 Å². The van der Waals surface area contributed by atoms with Gasteiger partial charge in [0.05, 0.1) is 4.90 Å². The highest BCUT2D eigenvalue weighted by Gasteiger charge is 2.20. The molecule has 0 radical (unpaired) electrons. The Balaban J connectivity index is 2.25. The molecule has 0 bridgehead atoms. The van der Waals surface area contributed by atoms with E-state index in [1.165, 1.54) is 18.2 Å². The van der Waals surface area contributed by atoms with Crippen LogP contribution in [0.5, 0.6) is 11.5 Å². The Bertz CT molecular complexity index is 735. The fourth-order valence-corrected chi connectivity index (χ4v) is 2.91. The number of hydrogen-bond donors (Lipinski definition) is 2. The van der Waals surface area contributed by atoms with Crippen molar-refractivity contribution >= 4 is 15.6 Å². The van der Waals surface area contributed by atoms with Gasteiger partial charge in [0.15, 0.2) is 27.1 Å². The standard InChI is InChI=1S/C14H12O5S/c15-12-7-6-10(8-13(12)16)14(17)9-20(18,19)11-4-2-1-3-5-11/h1-8,15-16H,9H2. The van der Waals surface area contributed by atoms with Crippen LogP contribution in [-0.2, 0) is 9.84 Å². The lowest BCUT2D eigenvalue weighted by molar-refractivity contribution is 0.102. The minimum atomic E-state index is -3.72. The molecule has 2 aromatic carbocycles. The number of sulfone groups is 1. The summed E-state index contributed by atoms with van der Waals surface area (Å²) in [6.45, 7) is 0. The number of carbonyl (C=O) groups excluding carboxylic acids is 1. The van der Waals surface area contributed by atoms with E-state index in [9.17, 15) is 18.3 Å². The predicted octanol–water partition coefficient (Wildman–Crippen LogP) is 1.75. The van der Waals surface area contributed by atoms with Crippen molar-refractivity contribution in [1.29, 1.82) is 0 Å². The molecule has 104 valence electrons. The van der Waals surface area contributed by atoms with Crippen LogP contribution in [0.2, 0.25) is 0 Å². The second kappa shape index (κ2) is 5.34. The highest BCUT2D eigenvalue weighted by molar-refractivity contribution is 7.92. The zero-order valence-corrected chi connectivity index (χ0v) is 11.2. The van der Waals surface area contributed by atoms with Crippen molar-refractivity contribution < 1.29 is 23.4 Å². The first-order valence-electron chi connectivity index (χ1n) is 5.73. The van der Waals surface area contributed by atoms with Crippen molar-refractivity contribution in [3.63, 3.8) is 0 Å². The maximum absolute atomic E-state index is 12.0. The van der Waals surface area contributed by atoms with E-state index < -0.39 is 27.1 Å². The number of rotatable bonds is 4. The number of Topliss-reactive ketones (excluding diaryl/α,β-unsaturated/α-hetero) is 1. The summed E-state index contributed by atoms with van der Waals surface area (Å²) in [5, 5.41) is 18.5. The molecule has 0 spiro atoms. The zero-order chi connectivity index (χ0) is 14.8. The van der Waals surface area contributed by atoms with Crippen LogP contribution in [0.3, 0.4) is 0 Å². The predicted molar refractivity (Wildman–Crippen MR) is 72.6 cm³/mol. The molecule has 2 N–H and O–H groups in total. The molecule has 2 rings (SSSR count). The summed E-state index contributed by atoms with van der Waals surface area (Å²) in [5.41, 5.74) is 0.0276. The highest BCUT2D eigenvalue weighted by Crippen LogP contribution is 2.25. The molecule has 0 amide bonds. The first-order valence-corrected chi connectivity index (χ1v) is 7.38. The number of benzene rings is 2. The molecule has 0 fully saturated rings. The minimum absolute atomic E-state index is 0.0276. The number of ketones is 1. The van der Waals surface area contributed by atoms with Gasteiger partial charge >= 0.3 is 0 Å². The lowest BCUT2D eigenvalue weighted by Crippen LogP contribution is -2.16. The largest absolute Gasteiger partial charge is 0.504 e. The molecular weight excluding hydrogens is 280 g/mol. The second-order valence-corrected chi connectivity index (χ2v) is 6.19. The molecule has 2 aromatic rings. The van der Waals surface area contributed by atoms with Crippen LogP contribution < -0.4 is 0 Å². The quantitative estimate of drug-likeness (QED) is 0.661. The molecule has 0 saturated heterocycles. The Hall–Kier alpha value is -2.34. The summed E-state index contributed by atoms with van der Waals surface area (Å²) >= 11 is 0. The monoisotopic (exact) mass is 292 g/mol. The van der Waals surface area contributed by atoms with Crippen LogP contribution in [-0.4, -0.2) is 30.2 Å². The lowest BCUT2D eigenvalue weighted by atomic mass is 10.1. The van der Waals surface area contributed by atoms with E-state index in [1.54, 1.807) is 18.2 Å². The van der Waals surface area contributed by atoms with Crippen LogP contribution in [0.15, 0.2) is 53.4 Å². The second-order valence-electron chi connectivity index (χ2n) is 4.20. The molecule has 0 atom stereocenters. The van der Waals surface area contributed by atoms with Gasteiger partial charge in [-0.05, 0) is 30.3 Å². The first kappa shape index (κ1) is 14.1. The van der Waals surface area contributed by atoms with Crippen molar-refractivity contribution in [3.8, 4) is 11.5 Å². The van der Waals surface area contributed by atoms with Crippen molar-refractivity contribution in [2.45, 2.75) is 4.90 Å². The topological polar surface area (TPSA) is 91.7 Å². The summed E-state index contributed by atoms with van der Waals surface area (Å²) in [4.78, 5) is 12.0. The van der Waals surface area contributed by atoms with Gasteiger partial charge in [0, 0.05) is 5.56 Å². The Labute approximate surface area is 116 Å². The van der Waals surface area contributed by atoms with Gasteiger partial charge in [-0.25, -0.2) is 8.42 Å². The molecule has 0 unspecified atom stereocenters. The van der Waals surface area contributed by atoms with E-state index in [0.717, 1.165) is 12.1 Å². The third kappa shape index (κ3) is 2.97. The number of phenols is 2. The Morgan fingerprint density at radius 3 is 2.20 bits per heavy atom. The van der Waals surface area contributed by atoms with Gasteiger partial charge in [0.1, 0.15) is 5.75 Å². The Morgan fingerprint density at radius 2 is 1.60 bits per heavy atom. The molecule has 0 aliphatic heterocycles. The molecule has 5 nitrogen and oxygen atoms in total. The van der Waals surface area contributed by atoms with Crippen LogP contribution >= 0.6 is 0 Å². The third-order valence-electron chi connectivity index (χ3n) is 2.72. The lowest BCUT2D eigenvalue weighted by Gasteiger charge is -2.05. The van der Waals surface area contributed by atoms with Crippen LogP contribution in [0, 0.1) is 0 Å². The average Bonchev–Trinajstić information content (AvgIpc) is 2.42. The van der Waals surface area contributed by atoms with Gasteiger partial charge < -0.3 is 10.2 Å². The van der Waals surface area contributed by atoms with Crippen LogP contribution in [0.25, 0.3) is 0 Å². The molecule has 0 saturated carbocycles. The van der Waals surface area contributed by atoms with E-state index in [-0.39, 0.29) is 16.2 Å². The highest BCUT2D eigenvalue weighted by atomic mass is 32.2. The van der Waals surface area contributed by atoms with Crippen LogP contribution in [0.1, 0.15) is 10.4 Å². The van der Waals surface area contributed by atoms with Gasteiger partial charge in [-0.2, -0.15) is 0 Å². The van der Waals surface area contributed by atoms with Gasteiger partial charge in [-0.1, -0.05) is 18.2 Å². The number of hydrogen-bond acceptors (Lipinski definition) is 5. The fourth-order valence-electron chi connectivity index (χ4n) is 1.66. The maximum Gasteiger partial charge on any atom is 0.185 e. The summed E-state index contributed by atoms with van der Waals surface area (Å²) in [6, 6.07) is 11.1. The summed E-state index contributed by atoms with van der Waals surface area (Å²) in [6.07, 6.45) is 0. The molecule has 0 aliphatic rings. The number of phenolic OH excluding ortho intramolecular Hbond substituents is 2. The average molecular weight is 292 g/mol. The van der Waals surface area contributed by atoms with Crippen molar-refractivity contribution in [1.82, 2.24) is 0 Å². The van der Waals surface area contributed by atoms with E-state index in [1.807, 2.05) is 0 Å². The maximum atomic E-state index is 12.0. The normalized spacial score (nSPS) is 11.2. The zero-order valence-electron chi connectivity index (χ0n) is 10.4. The molecule has 0 aliphatic carbocycles. The van der Waals surface area contributed by atoms with Gasteiger partial charge in [0.2, 0.25) is 0 Å².